The van der Waals surface area contributed by atoms with E-state index < -0.39 is 29.3 Å². The molecule has 0 aromatic carbocycles. The minimum atomic E-state index is -2.71. The van der Waals surface area contributed by atoms with Crippen LogP contribution >= 0.6 is 11.8 Å². The van der Waals surface area contributed by atoms with Crippen molar-refractivity contribution in [2.24, 2.45) is 0 Å². The molecule has 0 bridgehead atoms. The van der Waals surface area contributed by atoms with Gasteiger partial charge in [-0.05, 0) is 22.2 Å². The normalized spacial score (nSPS) is 32.7. The molecule has 0 saturated carbocycles. The smallest absolute Gasteiger partial charge is 0.335 e. The first kappa shape index (κ1) is 25.8. The highest BCUT2D eigenvalue weighted by atomic mass is 32.2. The number of hydrogen-bond acceptors (Lipinski definition) is 6. The van der Waals surface area contributed by atoms with Gasteiger partial charge in [-0.2, -0.15) is 0 Å². The molecule has 2 heterocycles. The third-order valence-electron chi connectivity index (χ3n) is 6.09. The van der Waals surface area contributed by atoms with Gasteiger partial charge in [0.15, 0.2) is 0 Å². The zero-order valence-electron chi connectivity index (χ0n) is 20.3. The molecule has 2 fully saturated rings. The molecule has 5 nitrogen and oxygen atoms in total. The van der Waals surface area contributed by atoms with Crippen molar-refractivity contribution in [2.45, 2.75) is 127 Å². The van der Waals surface area contributed by atoms with Crippen molar-refractivity contribution in [3.8, 4) is 0 Å². The van der Waals surface area contributed by atoms with Crippen molar-refractivity contribution >= 4 is 28.9 Å². The van der Waals surface area contributed by atoms with Gasteiger partial charge in [0, 0.05) is 4.75 Å². The molecule has 0 spiro atoms. The molecule has 0 unspecified atom stereocenters. The third kappa shape index (κ3) is 5.16. The van der Waals surface area contributed by atoms with Crippen LogP contribution in [0.25, 0.3) is 0 Å². The Balaban J connectivity index is 2.49. The molecule has 2 aliphatic rings. The molecule has 0 aromatic heterocycles. The van der Waals surface area contributed by atoms with E-state index in [9.17, 15) is 5.11 Å². The molecule has 29 heavy (non-hydrogen) atoms. The van der Waals surface area contributed by atoms with E-state index in [1.165, 1.54) is 0 Å². The molecule has 2 aliphatic heterocycles. The summed E-state index contributed by atoms with van der Waals surface area (Å²) in [5.74, 6) is 0. The first-order chi connectivity index (χ1) is 13.2. The van der Waals surface area contributed by atoms with Crippen LogP contribution < -0.4 is 0 Å². The fraction of sp³-hybridized carbons (Fsp3) is 1.00. The molecule has 1 N–H and O–H groups in total. The largest absolute Gasteiger partial charge is 0.414 e. The molecule has 8 heteroatoms. The molecule has 2 saturated heterocycles. The van der Waals surface area contributed by atoms with Gasteiger partial charge in [0.05, 0.1) is 6.61 Å². The van der Waals surface area contributed by atoms with E-state index in [1.54, 1.807) is 11.8 Å². The van der Waals surface area contributed by atoms with Gasteiger partial charge >= 0.3 is 17.1 Å². The van der Waals surface area contributed by atoms with Gasteiger partial charge in [0.25, 0.3) is 0 Å². The minimum absolute atomic E-state index is 0.0123. The first-order valence-electron chi connectivity index (χ1n) is 11.2. The summed E-state index contributed by atoms with van der Waals surface area (Å²) in [5.41, 5.74) is 0.787. The number of rotatable bonds is 5. The van der Waals surface area contributed by atoms with Crippen LogP contribution in [0.2, 0.25) is 22.2 Å². The van der Waals surface area contributed by atoms with E-state index in [2.05, 4.69) is 76.2 Å². The Labute approximate surface area is 185 Å². The maximum Gasteiger partial charge on any atom is 0.335 e. The van der Waals surface area contributed by atoms with Crippen molar-refractivity contribution in [2.75, 3.05) is 6.61 Å². The fourth-order valence-electron chi connectivity index (χ4n) is 4.57. The van der Waals surface area contributed by atoms with Gasteiger partial charge in [-0.1, -0.05) is 76.2 Å². The van der Waals surface area contributed by atoms with Crippen LogP contribution in [-0.2, 0) is 17.7 Å². The number of aliphatic hydroxyl groups excluding tert-OH is 1. The molecular weight excluding hydrogens is 420 g/mol. The summed E-state index contributed by atoms with van der Waals surface area (Å²) >= 11 is 1.66. The molecule has 0 radical (unpaired) electrons. The summed E-state index contributed by atoms with van der Waals surface area (Å²) in [7, 11) is -5.27. The van der Waals surface area contributed by atoms with E-state index in [0.717, 1.165) is 0 Å². The van der Waals surface area contributed by atoms with Gasteiger partial charge < -0.3 is 22.8 Å². The van der Waals surface area contributed by atoms with E-state index in [4.69, 9.17) is 17.7 Å². The molecule has 0 aliphatic carbocycles. The summed E-state index contributed by atoms with van der Waals surface area (Å²) in [4.78, 5) is 0. The topological polar surface area (TPSA) is 57.2 Å². The Morgan fingerprint density at radius 3 is 1.76 bits per heavy atom. The lowest BCUT2D eigenvalue weighted by atomic mass is 10.2. The van der Waals surface area contributed by atoms with Crippen LogP contribution in [0.5, 0.6) is 0 Å². The van der Waals surface area contributed by atoms with Gasteiger partial charge in [-0.25, -0.2) is 0 Å². The van der Waals surface area contributed by atoms with E-state index in [0.29, 0.717) is 17.7 Å². The number of fused-ring (bicyclic) bond motifs is 1. The fourth-order valence-corrected chi connectivity index (χ4v) is 17.0. The summed E-state index contributed by atoms with van der Waals surface area (Å²) < 4.78 is 27.1. The Morgan fingerprint density at radius 2 is 1.34 bits per heavy atom. The predicted molar refractivity (Wildman–Crippen MR) is 126 cm³/mol. The predicted octanol–water partition coefficient (Wildman–Crippen LogP) is 5.56. The van der Waals surface area contributed by atoms with Crippen LogP contribution in [0.3, 0.4) is 0 Å². The number of ether oxygens (including phenoxy) is 1. The van der Waals surface area contributed by atoms with E-state index in [-0.39, 0.29) is 27.4 Å². The zero-order valence-corrected chi connectivity index (χ0v) is 23.1. The van der Waals surface area contributed by atoms with Gasteiger partial charge in [-0.15, -0.1) is 11.8 Å². The maximum absolute atomic E-state index is 11.2. The van der Waals surface area contributed by atoms with Crippen molar-refractivity contribution in [3.05, 3.63) is 0 Å². The number of hydrogen-bond donors (Lipinski definition) is 1. The molecule has 2 rings (SSSR count). The molecule has 172 valence electrons. The number of aliphatic hydroxyl groups is 1. The highest BCUT2D eigenvalue weighted by molar-refractivity contribution is 8.01. The lowest BCUT2D eigenvalue weighted by Crippen LogP contribution is -2.65. The highest BCUT2D eigenvalue weighted by Gasteiger charge is 2.61. The lowest BCUT2D eigenvalue weighted by Gasteiger charge is -2.51. The van der Waals surface area contributed by atoms with Crippen LogP contribution in [0.4, 0.5) is 0 Å². The van der Waals surface area contributed by atoms with Crippen LogP contribution in [0.15, 0.2) is 0 Å². The van der Waals surface area contributed by atoms with Crippen LogP contribution in [-0.4, -0.2) is 57.3 Å². The zero-order chi connectivity index (χ0) is 22.4. The van der Waals surface area contributed by atoms with Crippen LogP contribution in [0, 0.1) is 0 Å². The second-order valence-corrected chi connectivity index (χ2v) is 21.6. The maximum atomic E-state index is 11.2. The van der Waals surface area contributed by atoms with Crippen LogP contribution in [0.1, 0.15) is 76.2 Å². The van der Waals surface area contributed by atoms with E-state index >= 15 is 0 Å². The lowest BCUT2D eigenvalue weighted by molar-refractivity contribution is -0.0315. The second-order valence-electron chi connectivity index (χ2n) is 10.8. The molecule has 4 atom stereocenters. The standard InChI is InChI=1S/C21H44O5SSi2/c1-13(2)28(14(3)4)23-12-17-19(18(22)20(24-17)27-21(9,10)11)25-29(26-28,15(5)6)16(7)8/h13-20,22H,12H2,1-11H3/t17-,18+,19-,20-/m1/s1. The molecule has 0 amide bonds. The number of thioether (sulfide) groups is 1. The monoisotopic (exact) mass is 464 g/mol. The van der Waals surface area contributed by atoms with Crippen molar-refractivity contribution in [1.82, 2.24) is 0 Å². The average Bonchev–Trinajstić information content (AvgIpc) is 2.80. The van der Waals surface area contributed by atoms with Crippen molar-refractivity contribution < 1.29 is 22.8 Å². The second kappa shape index (κ2) is 9.21. The Hall–Kier alpha value is 0.584. The first-order valence-corrected chi connectivity index (χ1v) is 16.0. The summed E-state index contributed by atoms with van der Waals surface area (Å²) in [6.45, 7) is 24.5. The summed E-state index contributed by atoms with van der Waals surface area (Å²) in [6, 6.07) is 0. The third-order valence-corrected chi connectivity index (χ3v) is 17.7. The molecular formula is C21H44O5SSi2. The van der Waals surface area contributed by atoms with Gasteiger partial charge in [0.2, 0.25) is 0 Å². The van der Waals surface area contributed by atoms with Gasteiger partial charge in [0.1, 0.15) is 23.7 Å². The Kier molecular flexibility index (Phi) is 8.21. The SMILES string of the molecule is CC(C)[Si]1(C(C)C)OC[C@H]2O[C@H](SC(C)(C)C)[C@@H](O)[C@@H]2O[Si](C(C)C)(C(C)C)O1. The quantitative estimate of drug-likeness (QED) is 0.538. The highest BCUT2D eigenvalue weighted by Crippen LogP contribution is 2.48. The Bertz CT molecular complexity index is 534. The van der Waals surface area contributed by atoms with E-state index in [1.807, 2.05) is 0 Å². The van der Waals surface area contributed by atoms with Gasteiger partial charge in [-0.3, -0.25) is 0 Å². The molecule has 0 aromatic rings. The average molecular weight is 465 g/mol. The Morgan fingerprint density at radius 1 is 0.862 bits per heavy atom. The van der Waals surface area contributed by atoms with Crippen molar-refractivity contribution in [3.63, 3.8) is 0 Å². The summed E-state index contributed by atoms with van der Waals surface area (Å²) in [6.07, 6.45) is -1.35. The minimum Gasteiger partial charge on any atom is -0.414 e. The summed E-state index contributed by atoms with van der Waals surface area (Å²) in [5, 5.41) is 11.2. The van der Waals surface area contributed by atoms with Crippen molar-refractivity contribution in [1.29, 1.82) is 0 Å².